The van der Waals surface area contributed by atoms with Crippen molar-refractivity contribution in [3.63, 3.8) is 0 Å². The van der Waals surface area contributed by atoms with Gasteiger partial charge in [0.15, 0.2) is 0 Å². The van der Waals surface area contributed by atoms with Crippen molar-refractivity contribution in [1.29, 1.82) is 0 Å². The second-order valence-electron chi connectivity index (χ2n) is 4.40. The van der Waals surface area contributed by atoms with Crippen molar-refractivity contribution >= 4 is 25.3 Å². The first-order valence-electron chi connectivity index (χ1n) is 8.27. The van der Waals surface area contributed by atoms with Gasteiger partial charge in [0.2, 0.25) is 0 Å². The third-order valence-corrected chi connectivity index (χ3v) is 3.20. The molecule has 0 aromatic carbocycles. The fraction of sp³-hybridized carbons (Fsp3) is 0.389. The number of nitrogens with zero attached hydrogens (tertiary/aromatic N) is 4. The molecule has 0 aliphatic carbocycles. The molecule has 3 aromatic heterocycles. The number of aryl methyl sites for hydroxylation is 1. The number of aromatic nitrogens is 4. The van der Waals surface area contributed by atoms with Crippen LogP contribution < -0.4 is 5.73 Å². The smallest absolute Gasteiger partial charge is 0.145 e. The van der Waals surface area contributed by atoms with E-state index in [1.807, 2.05) is 45.9 Å². The minimum absolute atomic E-state index is 0. The molecule has 6 heteroatoms. The molecule has 0 aliphatic rings. The molecule has 3 rings (SSSR count). The SMILES string of the molecule is CC.CC.CCn1cc(Cc2ccccn2)c2c(N)ncnc21.[B]. The van der Waals surface area contributed by atoms with E-state index in [1.165, 1.54) is 6.33 Å². The average Bonchev–Trinajstić information content (AvgIpc) is 2.98. The van der Waals surface area contributed by atoms with Crippen molar-refractivity contribution < 1.29 is 0 Å². The fourth-order valence-corrected chi connectivity index (χ4v) is 2.30. The van der Waals surface area contributed by atoms with Gasteiger partial charge in [-0.1, -0.05) is 33.8 Å². The number of fused-ring (bicyclic) bond motifs is 1. The van der Waals surface area contributed by atoms with E-state index in [2.05, 4.69) is 32.6 Å². The van der Waals surface area contributed by atoms with Gasteiger partial charge < -0.3 is 10.3 Å². The Labute approximate surface area is 146 Å². The Hall–Kier alpha value is -2.37. The minimum Gasteiger partial charge on any atom is -0.383 e. The molecule has 0 saturated heterocycles. The first-order chi connectivity index (χ1) is 11.3. The van der Waals surface area contributed by atoms with E-state index in [1.54, 1.807) is 6.20 Å². The van der Waals surface area contributed by atoms with Crippen LogP contribution in [0, 0.1) is 0 Å². The topological polar surface area (TPSA) is 69.6 Å². The molecule has 3 radical (unpaired) electrons. The zero-order valence-electron chi connectivity index (χ0n) is 15.3. The molecule has 127 valence electrons. The third-order valence-electron chi connectivity index (χ3n) is 3.20. The zero-order chi connectivity index (χ0) is 17.2. The maximum absolute atomic E-state index is 5.99. The molecular weight excluding hydrogens is 297 g/mol. The van der Waals surface area contributed by atoms with E-state index in [4.69, 9.17) is 5.73 Å². The van der Waals surface area contributed by atoms with Crippen molar-refractivity contribution in [2.45, 2.75) is 47.6 Å². The van der Waals surface area contributed by atoms with E-state index in [-0.39, 0.29) is 8.41 Å². The molecule has 0 amide bonds. The molecule has 0 unspecified atom stereocenters. The summed E-state index contributed by atoms with van der Waals surface area (Å²) in [5.41, 5.74) is 9.02. The predicted octanol–water partition coefficient (Wildman–Crippen LogP) is 3.69. The summed E-state index contributed by atoms with van der Waals surface area (Å²) < 4.78 is 2.09. The van der Waals surface area contributed by atoms with Gasteiger partial charge in [-0.25, -0.2) is 9.97 Å². The van der Waals surface area contributed by atoms with Crippen LogP contribution in [0.15, 0.2) is 36.9 Å². The standard InChI is InChI=1S/C14H15N5.2C2H6.B/c1-2-19-8-10(7-11-5-3-4-6-16-11)12-13(15)17-9-18-14(12)19;2*1-2;/h3-6,8-9H,2,7H2,1H3,(H2,15,17,18);2*1-2H3;. The van der Waals surface area contributed by atoms with Crippen LogP contribution in [0.2, 0.25) is 0 Å². The first kappa shape index (κ1) is 21.6. The molecule has 24 heavy (non-hydrogen) atoms. The summed E-state index contributed by atoms with van der Waals surface area (Å²) in [5.74, 6) is 0.531. The molecule has 2 N–H and O–H groups in total. The van der Waals surface area contributed by atoms with Crippen LogP contribution in [-0.2, 0) is 13.0 Å². The van der Waals surface area contributed by atoms with E-state index in [9.17, 15) is 0 Å². The lowest BCUT2D eigenvalue weighted by atomic mass is 10.1. The van der Waals surface area contributed by atoms with Crippen LogP contribution in [0.25, 0.3) is 11.0 Å². The van der Waals surface area contributed by atoms with Crippen molar-refractivity contribution in [2.24, 2.45) is 0 Å². The van der Waals surface area contributed by atoms with Gasteiger partial charge in [-0.15, -0.1) is 0 Å². The van der Waals surface area contributed by atoms with Crippen LogP contribution in [0.1, 0.15) is 45.9 Å². The third kappa shape index (κ3) is 4.81. The molecule has 5 nitrogen and oxygen atoms in total. The zero-order valence-corrected chi connectivity index (χ0v) is 15.3. The Bertz CT molecular complexity index is 710. The van der Waals surface area contributed by atoms with Gasteiger partial charge in [-0.3, -0.25) is 4.98 Å². The molecule has 0 fully saturated rings. The predicted molar refractivity (Wildman–Crippen MR) is 103 cm³/mol. The second kappa shape index (κ2) is 11.2. The maximum atomic E-state index is 5.99. The Balaban J connectivity index is 0.000000987. The van der Waals surface area contributed by atoms with Gasteiger partial charge in [0.05, 0.1) is 5.39 Å². The van der Waals surface area contributed by atoms with Crippen molar-refractivity contribution in [3.8, 4) is 0 Å². The highest BCUT2D eigenvalue weighted by Gasteiger charge is 2.13. The summed E-state index contributed by atoms with van der Waals surface area (Å²) in [4.78, 5) is 12.8. The highest BCUT2D eigenvalue weighted by Crippen LogP contribution is 2.25. The summed E-state index contributed by atoms with van der Waals surface area (Å²) in [6, 6.07) is 5.91. The van der Waals surface area contributed by atoms with Gasteiger partial charge >= 0.3 is 0 Å². The normalized spacial score (nSPS) is 9.21. The number of anilines is 1. The molecule has 0 atom stereocenters. The van der Waals surface area contributed by atoms with Crippen LogP contribution in [-0.4, -0.2) is 27.9 Å². The number of pyridine rings is 1. The summed E-state index contributed by atoms with van der Waals surface area (Å²) in [6.45, 7) is 10.9. The second-order valence-corrected chi connectivity index (χ2v) is 4.40. The van der Waals surface area contributed by atoms with Crippen LogP contribution >= 0.6 is 0 Å². The Morgan fingerprint density at radius 2 is 1.75 bits per heavy atom. The van der Waals surface area contributed by atoms with Gasteiger partial charge in [-0.2, -0.15) is 0 Å². The van der Waals surface area contributed by atoms with Crippen molar-refractivity contribution in [2.75, 3.05) is 5.73 Å². The Morgan fingerprint density at radius 3 is 2.33 bits per heavy atom. The monoisotopic (exact) mass is 324 g/mol. The molecule has 0 spiro atoms. The van der Waals surface area contributed by atoms with Gasteiger partial charge in [0.1, 0.15) is 17.8 Å². The number of hydrogen-bond acceptors (Lipinski definition) is 4. The first-order valence-corrected chi connectivity index (χ1v) is 8.27. The highest BCUT2D eigenvalue weighted by atomic mass is 15.1. The molecular formula is C18H27BN5. The number of hydrogen-bond donors (Lipinski definition) is 1. The lowest BCUT2D eigenvalue weighted by molar-refractivity contribution is 0.782. The average molecular weight is 324 g/mol. The van der Waals surface area contributed by atoms with E-state index >= 15 is 0 Å². The summed E-state index contributed by atoms with van der Waals surface area (Å²) in [5, 5.41) is 0.940. The quantitative estimate of drug-likeness (QED) is 0.746. The lowest BCUT2D eigenvalue weighted by Gasteiger charge is -2.00. The summed E-state index contributed by atoms with van der Waals surface area (Å²) in [7, 11) is 0. The van der Waals surface area contributed by atoms with Crippen molar-refractivity contribution in [1.82, 2.24) is 19.5 Å². The van der Waals surface area contributed by atoms with Gasteiger partial charge in [-0.05, 0) is 24.6 Å². The Morgan fingerprint density at radius 1 is 1.04 bits per heavy atom. The van der Waals surface area contributed by atoms with Crippen molar-refractivity contribution in [3.05, 3.63) is 48.2 Å². The number of nitrogens with two attached hydrogens (primary N) is 1. The maximum Gasteiger partial charge on any atom is 0.145 e. The molecule has 0 bridgehead atoms. The van der Waals surface area contributed by atoms with E-state index < -0.39 is 0 Å². The van der Waals surface area contributed by atoms with E-state index in [0.717, 1.165) is 35.3 Å². The largest absolute Gasteiger partial charge is 0.383 e. The Kier molecular flexibility index (Phi) is 10.1. The fourth-order valence-electron chi connectivity index (χ4n) is 2.30. The van der Waals surface area contributed by atoms with Crippen LogP contribution in [0.4, 0.5) is 5.82 Å². The van der Waals surface area contributed by atoms with Gasteiger partial charge in [0, 0.05) is 39.5 Å². The molecule has 3 aromatic rings. The molecule has 0 aliphatic heterocycles. The van der Waals surface area contributed by atoms with Crippen LogP contribution in [0.5, 0.6) is 0 Å². The molecule has 3 heterocycles. The molecule has 0 saturated carbocycles. The summed E-state index contributed by atoms with van der Waals surface area (Å²) >= 11 is 0. The minimum atomic E-state index is 0. The number of rotatable bonds is 3. The highest BCUT2D eigenvalue weighted by molar-refractivity contribution is 5.90. The number of nitrogen functional groups attached to an aromatic ring is 1. The van der Waals surface area contributed by atoms with E-state index in [0.29, 0.717) is 5.82 Å². The van der Waals surface area contributed by atoms with Crippen LogP contribution in [0.3, 0.4) is 0 Å². The van der Waals surface area contributed by atoms with Gasteiger partial charge in [0.25, 0.3) is 0 Å². The summed E-state index contributed by atoms with van der Waals surface area (Å²) in [6.07, 6.45) is 6.13. The lowest BCUT2D eigenvalue weighted by Crippen LogP contribution is -1.97.